The van der Waals surface area contributed by atoms with E-state index in [0.717, 1.165) is 11.1 Å². The van der Waals surface area contributed by atoms with Crippen LogP contribution in [0.25, 0.3) is 0 Å². The van der Waals surface area contributed by atoms with Gasteiger partial charge >= 0.3 is 5.97 Å². The van der Waals surface area contributed by atoms with Crippen molar-refractivity contribution >= 4 is 11.9 Å². The van der Waals surface area contributed by atoms with Gasteiger partial charge in [0.1, 0.15) is 6.10 Å². The quantitative estimate of drug-likeness (QED) is 0.571. The molecular formula is C17H23NO4. The van der Waals surface area contributed by atoms with Gasteiger partial charge < -0.3 is 15.2 Å². The van der Waals surface area contributed by atoms with E-state index in [9.17, 15) is 14.7 Å². The van der Waals surface area contributed by atoms with Crippen molar-refractivity contribution in [2.45, 2.75) is 39.3 Å². The van der Waals surface area contributed by atoms with E-state index in [2.05, 4.69) is 11.9 Å². The molecule has 0 aliphatic rings. The maximum atomic E-state index is 12.1. The summed E-state index contributed by atoms with van der Waals surface area (Å²) in [5.41, 5.74) is 2.59. The number of benzene rings is 1. The third-order valence-corrected chi connectivity index (χ3v) is 3.46. The molecular weight excluding hydrogens is 282 g/mol. The molecule has 2 N–H and O–H groups in total. The molecule has 5 nitrogen and oxygen atoms in total. The average Bonchev–Trinajstić information content (AvgIpc) is 2.47. The summed E-state index contributed by atoms with van der Waals surface area (Å²) in [7, 11) is 0. The van der Waals surface area contributed by atoms with Gasteiger partial charge in [-0.25, -0.2) is 4.79 Å². The minimum atomic E-state index is -1.10. The van der Waals surface area contributed by atoms with Gasteiger partial charge in [-0.2, -0.15) is 0 Å². The molecule has 1 amide bonds. The summed E-state index contributed by atoms with van der Waals surface area (Å²) in [5.74, 6) is -1.55. The maximum absolute atomic E-state index is 12.1. The predicted octanol–water partition coefficient (Wildman–Crippen LogP) is 2.53. The Morgan fingerprint density at radius 3 is 2.59 bits per heavy atom. The zero-order chi connectivity index (χ0) is 16.7. The van der Waals surface area contributed by atoms with Crippen molar-refractivity contribution in [3.05, 3.63) is 47.5 Å². The van der Waals surface area contributed by atoms with Crippen LogP contribution >= 0.6 is 0 Å². The number of carbonyl (C=O) groups excluding carboxylic acids is 1. The van der Waals surface area contributed by atoms with Gasteiger partial charge in [-0.1, -0.05) is 24.3 Å². The second kappa shape index (κ2) is 8.34. The minimum Gasteiger partial charge on any atom is -0.479 e. The summed E-state index contributed by atoms with van der Waals surface area (Å²) in [6.07, 6.45) is 1.62. The molecule has 120 valence electrons. The van der Waals surface area contributed by atoms with Gasteiger partial charge in [-0.05, 0) is 43.9 Å². The third kappa shape index (κ3) is 5.00. The van der Waals surface area contributed by atoms with Crippen LogP contribution in [0.3, 0.4) is 0 Å². The van der Waals surface area contributed by atoms with E-state index < -0.39 is 24.0 Å². The highest BCUT2D eigenvalue weighted by Crippen LogP contribution is 2.18. The van der Waals surface area contributed by atoms with Crippen molar-refractivity contribution in [1.29, 1.82) is 0 Å². The van der Waals surface area contributed by atoms with Crippen LogP contribution < -0.4 is 5.32 Å². The van der Waals surface area contributed by atoms with Gasteiger partial charge in [0, 0.05) is 0 Å². The highest BCUT2D eigenvalue weighted by Gasteiger charge is 2.25. The summed E-state index contributed by atoms with van der Waals surface area (Å²) in [6, 6.07) is 4.25. The van der Waals surface area contributed by atoms with Crippen molar-refractivity contribution in [1.82, 2.24) is 5.32 Å². The smallest absolute Gasteiger partial charge is 0.330 e. The number of amides is 1. The topological polar surface area (TPSA) is 75.6 Å². The monoisotopic (exact) mass is 305 g/mol. The van der Waals surface area contributed by atoms with E-state index in [1.807, 2.05) is 19.9 Å². The van der Waals surface area contributed by atoms with E-state index in [1.54, 1.807) is 25.1 Å². The first-order valence-corrected chi connectivity index (χ1v) is 7.19. The number of hydrogen-bond donors (Lipinski definition) is 2. The molecule has 0 radical (unpaired) electrons. The fraction of sp³-hybridized carbons (Fsp3) is 0.412. The molecule has 1 rings (SSSR count). The van der Waals surface area contributed by atoms with Crippen molar-refractivity contribution in [3.8, 4) is 0 Å². The van der Waals surface area contributed by atoms with Gasteiger partial charge in [0.15, 0.2) is 6.04 Å². The minimum absolute atomic E-state index is 0.374. The van der Waals surface area contributed by atoms with Gasteiger partial charge in [0.25, 0.3) is 0 Å². The number of hydrogen-bond acceptors (Lipinski definition) is 3. The Morgan fingerprint density at radius 2 is 2.05 bits per heavy atom. The first-order chi connectivity index (χ1) is 10.4. The summed E-state index contributed by atoms with van der Waals surface area (Å²) in [4.78, 5) is 23.5. The normalized spacial score (nSPS) is 13.2. The van der Waals surface area contributed by atoms with Crippen molar-refractivity contribution in [3.63, 3.8) is 0 Å². The van der Waals surface area contributed by atoms with Crippen LogP contribution in [0, 0.1) is 13.8 Å². The number of carbonyl (C=O) groups is 2. The van der Waals surface area contributed by atoms with Crippen LogP contribution in [0.1, 0.15) is 36.1 Å². The number of aliphatic carboxylic acids is 1. The lowest BCUT2D eigenvalue weighted by Crippen LogP contribution is -2.40. The van der Waals surface area contributed by atoms with E-state index in [4.69, 9.17) is 4.74 Å². The van der Waals surface area contributed by atoms with E-state index in [0.29, 0.717) is 18.6 Å². The highest BCUT2D eigenvalue weighted by molar-refractivity contribution is 5.86. The van der Waals surface area contributed by atoms with Crippen LogP contribution in [0.4, 0.5) is 0 Å². The predicted molar refractivity (Wildman–Crippen MR) is 84.7 cm³/mol. The molecule has 0 spiro atoms. The maximum Gasteiger partial charge on any atom is 0.330 e. The third-order valence-electron chi connectivity index (χ3n) is 3.46. The molecule has 2 unspecified atom stereocenters. The molecule has 0 heterocycles. The van der Waals surface area contributed by atoms with Gasteiger partial charge in [-0.3, -0.25) is 4.79 Å². The number of rotatable bonds is 8. The molecule has 0 saturated carbocycles. The Kier molecular flexibility index (Phi) is 6.79. The molecule has 2 atom stereocenters. The number of carboxylic acids is 1. The molecule has 22 heavy (non-hydrogen) atoms. The Labute approximate surface area is 131 Å². The molecule has 0 aliphatic carbocycles. The second-order valence-electron chi connectivity index (χ2n) is 5.21. The van der Waals surface area contributed by atoms with E-state index in [-0.39, 0.29) is 0 Å². The lowest BCUT2D eigenvalue weighted by molar-refractivity contribution is -0.144. The number of nitrogens with one attached hydrogen (secondary N) is 1. The molecule has 1 aromatic rings. The van der Waals surface area contributed by atoms with E-state index in [1.165, 1.54) is 0 Å². The average molecular weight is 305 g/mol. The first kappa shape index (κ1) is 17.9. The van der Waals surface area contributed by atoms with Crippen LogP contribution in [-0.4, -0.2) is 29.7 Å². The Hall–Kier alpha value is -2.14. The highest BCUT2D eigenvalue weighted by atomic mass is 16.5. The second-order valence-corrected chi connectivity index (χ2v) is 5.21. The molecule has 1 aromatic carbocycles. The fourth-order valence-corrected chi connectivity index (χ4v) is 1.90. The molecule has 0 saturated heterocycles. The summed E-state index contributed by atoms with van der Waals surface area (Å²) in [5, 5.41) is 11.9. The van der Waals surface area contributed by atoms with Gasteiger partial charge in [0.2, 0.25) is 5.91 Å². The Balaban J connectivity index is 2.79. The molecule has 0 fully saturated rings. The molecule has 0 aliphatic heterocycles. The Morgan fingerprint density at radius 1 is 1.36 bits per heavy atom. The lowest BCUT2D eigenvalue weighted by Gasteiger charge is -2.19. The van der Waals surface area contributed by atoms with Crippen LogP contribution in [0.2, 0.25) is 0 Å². The van der Waals surface area contributed by atoms with Crippen LogP contribution in [0.15, 0.2) is 30.9 Å². The molecule has 5 heteroatoms. The standard InChI is InChI=1S/C17H23NO4/c1-5-6-9-22-13(4)16(19)18-15(17(20)21)14-8-7-11(2)12(3)10-14/h5,7-8,10,13,15H,1,6,9H2,2-4H3,(H,18,19)(H,20,21). The number of carboxylic acid groups (broad SMARTS) is 1. The van der Waals surface area contributed by atoms with Crippen molar-refractivity contribution in [2.24, 2.45) is 0 Å². The zero-order valence-corrected chi connectivity index (χ0v) is 13.3. The van der Waals surface area contributed by atoms with Crippen molar-refractivity contribution < 1.29 is 19.4 Å². The lowest BCUT2D eigenvalue weighted by atomic mass is 10.0. The Bertz CT molecular complexity index is 554. The summed E-state index contributed by atoms with van der Waals surface area (Å²) in [6.45, 7) is 9.39. The van der Waals surface area contributed by atoms with Crippen molar-refractivity contribution in [2.75, 3.05) is 6.61 Å². The number of ether oxygens (including phenoxy) is 1. The molecule has 0 bridgehead atoms. The van der Waals surface area contributed by atoms with Crippen LogP contribution in [0.5, 0.6) is 0 Å². The first-order valence-electron chi connectivity index (χ1n) is 7.19. The van der Waals surface area contributed by atoms with Gasteiger partial charge in [-0.15, -0.1) is 6.58 Å². The number of aryl methyl sites for hydroxylation is 2. The van der Waals surface area contributed by atoms with Gasteiger partial charge in [0.05, 0.1) is 6.61 Å². The largest absolute Gasteiger partial charge is 0.479 e. The summed E-state index contributed by atoms with van der Waals surface area (Å²) >= 11 is 0. The van der Waals surface area contributed by atoms with E-state index >= 15 is 0 Å². The SMILES string of the molecule is C=CCCOC(C)C(=O)NC(C(=O)O)c1ccc(C)c(C)c1. The summed E-state index contributed by atoms with van der Waals surface area (Å²) < 4.78 is 5.33. The molecule has 0 aromatic heterocycles. The zero-order valence-electron chi connectivity index (χ0n) is 13.3. The van der Waals surface area contributed by atoms with Crippen LogP contribution in [-0.2, 0) is 14.3 Å². The fourth-order valence-electron chi connectivity index (χ4n) is 1.90.